The highest BCUT2D eigenvalue weighted by Gasteiger charge is 2.15. The van der Waals surface area contributed by atoms with E-state index in [9.17, 15) is 5.11 Å². The van der Waals surface area contributed by atoms with Crippen molar-refractivity contribution in [1.29, 1.82) is 0 Å². The molecule has 2 N–H and O–H groups in total. The van der Waals surface area contributed by atoms with Crippen molar-refractivity contribution in [2.24, 2.45) is 0 Å². The molecule has 0 saturated carbocycles. The Bertz CT molecular complexity index is 1200. The molecule has 3 heterocycles. The fraction of sp³-hybridized carbons (Fsp3) is 0.174. The number of pyridine rings is 1. The summed E-state index contributed by atoms with van der Waals surface area (Å²) >= 11 is 0. The van der Waals surface area contributed by atoms with Crippen LogP contribution in [0.4, 0.5) is 5.82 Å². The first kappa shape index (κ1) is 19.1. The maximum Gasteiger partial charge on any atom is 0.231 e. The van der Waals surface area contributed by atoms with Gasteiger partial charge in [-0.05, 0) is 36.4 Å². The van der Waals surface area contributed by atoms with Crippen molar-refractivity contribution in [1.82, 2.24) is 15.0 Å². The molecule has 1 aliphatic heterocycles. The predicted octanol–water partition coefficient (Wildman–Crippen LogP) is 3.27. The first-order chi connectivity index (χ1) is 15.3. The minimum absolute atomic E-state index is 0.116. The molecule has 0 radical (unpaired) electrons. The maximum atomic E-state index is 10.4. The summed E-state index contributed by atoms with van der Waals surface area (Å²) in [6, 6.07) is 16.8. The van der Waals surface area contributed by atoms with Crippen molar-refractivity contribution in [3.05, 3.63) is 67.0 Å². The van der Waals surface area contributed by atoms with Crippen LogP contribution in [0, 0.1) is 0 Å². The fourth-order valence-corrected chi connectivity index (χ4v) is 3.27. The summed E-state index contributed by atoms with van der Waals surface area (Å²) in [5.74, 6) is 3.15. The zero-order valence-electron chi connectivity index (χ0n) is 16.6. The van der Waals surface area contributed by atoms with E-state index in [-0.39, 0.29) is 19.9 Å². The third-order valence-electron chi connectivity index (χ3n) is 4.81. The number of aromatic nitrogens is 3. The van der Waals surface area contributed by atoms with Crippen LogP contribution >= 0.6 is 0 Å². The van der Waals surface area contributed by atoms with E-state index in [2.05, 4.69) is 20.3 Å². The highest BCUT2D eigenvalue weighted by atomic mass is 16.7. The van der Waals surface area contributed by atoms with E-state index in [0.717, 1.165) is 16.5 Å². The summed E-state index contributed by atoms with van der Waals surface area (Å²) in [4.78, 5) is 13.4. The first-order valence-corrected chi connectivity index (χ1v) is 9.88. The second-order valence-electron chi connectivity index (χ2n) is 7.02. The molecule has 0 amide bonds. The van der Waals surface area contributed by atoms with Crippen LogP contribution in [0.5, 0.6) is 17.2 Å². The fourth-order valence-electron chi connectivity index (χ4n) is 3.27. The van der Waals surface area contributed by atoms with Gasteiger partial charge in [-0.1, -0.05) is 12.1 Å². The predicted molar refractivity (Wildman–Crippen MR) is 115 cm³/mol. The van der Waals surface area contributed by atoms with Crippen LogP contribution in [0.2, 0.25) is 0 Å². The van der Waals surface area contributed by atoms with Gasteiger partial charge < -0.3 is 24.6 Å². The van der Waals surface area contributed by atoms with Gasteiger partial charge in [-0.3, -0.25) is 4.98 Å². The van der Waals surface area contributed by atoms with Gasteiger partial charge in [0.2, 0.25) is 6.79 Å². The van der Waals surface area contributed by atoms with Crippen LogP contribution in [-0.2, 0) is 0 Å². The number of para-hydroxylation sites is 1. The number of benzene rings is 2. The second-order valence-corrected chi connectivity index (χ2v) is 7.02. The van der Waals surface area contributed by atoms with Crippen LogP contribution < -0.4 is 19.5 Å². The van der Waals surface area contributed by atoms with Crippen molar-refractivity contribution in [2.45, 2.75) is 6.10 Å². The highest BCUT2D eigenvalue weighted by Crippen LogP contribution is 2.35. The number of aliphatic hydroxyl groups excluding tert-OH is 1. The molecule has 0 bridgehead atoms. The zero-order valence-corrected chi connectivity index (χ0v) is 16.6. The Labute approximate surface area is 178 Å². The average molecular weight is 416 g/mol. The van der Waals surface area contributed by atoms with Crippen LogP contribution in [0.15, 0.2) is 67.0 Å². The Morgan fingerprint density at radius 3 is 2.84 bits per heavy atom. The van der Waals surface area contributed by atoms with E-state index in [4.69, 9.17) is 14.2 Å². The number of anilines is 1. The molecular formula is C23H20N4O4. The Kier molecular flexibility index (Phi) is 5.20. The van der Waals surface area contributed by atoms with Gasteiger partial charge in [-0.15, -0.1) is 0 Å². The molecule has 8 heteroatoms. The number of aliphatic hydroxyl groups is 1. The molecule has 0 spiro atoms. The van der Waals surface area contributed by atoms with E-state index in [0.29, 0.717) is 28.9 Å². The number of nitrogens with one attached hydrogen (secondary N) is 1. The normalized spacial score (nSPS) is 13.2. The Hall–Kier alpha value is -3.91. The molecule has 8 nitrogen and oxygen atoms in total. The van der Waals surface area contributed by atoms with Crippen LogP contribution in [-0.4, -0.2) is 46.1 Å². The molecule has 1 unspecified atom stereocenters. The number of nitrogens with zero attached hydrogens (tertiary/aromatic N) is 3. The summed E-state index contributed by atoms with van der Waals surface area (Å²) in [5, 5.41) is 14.5. The smallest absolute Gasteiger partial charge is 0.231 e. The molecule has 0 saturated heterocycles. The number of fused-ring (bicyclic) bond motifs is 2. The SMILES string of the molecule is OC(CNc1nc(-c2cccnc2)nc2ccccc12)COc1ccc2c(c1)OCO2. The van der Waals surface area contributed by atoms with Gasteiger partial charge in [0.05, 0.1) is 5.52 Å². The monoisotopic (exact) mass is 416 g/mol. The summed E-state index contributed by atoms with van der Waals surface area (Å²) in [6.07, 6.45) is 2.68. The van der Waals surface area contributed by atoms with Crippen LogP contribution in [0.1, 0.15) is 0 Å². The van der Waals surface area contributed by atoms with Crippen molar-refractivity contribution < 1.29 is 19.3 Å². The molecule has 0 aliphatic carbocycles. The molecule has 2 aromatic carbocycles. The summed E-state index contributed by atoms with van der Waals surface area (Å²) in [6.45, 7) is 0.586. The summed E-state index contributed by atoms with van der Waals surface area (Å²) in [5.41, 5.74) is 1.63. The van der Waals surface area contributed by atoms with Crippen molar-refractivity contribution >= 4 is 16.7 Å². The lowest BCUT2D eigenvalue weighted by molar-refractivity contribution is 0.117. The lowest BCUT2D eigenvalue weighted by Crippen LogP contribution is -2.26. The number of hydrogen-bond donors (Lipinski definition) is 2. The minimum Gasteiger partial charge on any atom is -0.491 e. The molecule has 4 aromatic rings. The molecule has 1 atom stereocenters. The van der Waals surface area contributed by atoms with Gasteiger partial charge in [0.25, 0.3) is 0 Å². The van der Waals surface area contributed by atoms with E-state index in [1.54, 1.807) is 30.6 Å². The van der Waals surface area contributed by atoms with Crippen LogP contribution in [0.25, 0.3) is 22.3 Å². The summed E-state index contributed by atoms with van der Waals surface area (Å²) in [7, 11) is 0. The standard InChI is InChI=1S/C23H20N4O4/c28-16(13-29-17-7-8-20-21(10-17)31-14-30-20)12-25-23-18-5-1-2-6-19(18)26-22(27-23)15-4-3-9-24-11-15/h1-11,16,28H,12-14H2,(H,25,26,27). The third kappa shape index (κ3) is 4.19. The number of hydrogen-bond acceptors (Lipinski definition) is 8. The Balaban J connectivity index is 1.28. The van der Waals surface area contributed by atoms with Crippen molar-refractivity contribution in [3.8, 4) is 28.6 Å². The van der Waals surface area contributed by atoms with E-state index < -0.39 is 6.10 Å². The Morgan fingerprint density at radius 1 is 1.03 bits per heavy atom. The van der Waals surface area contributed by atoms with Gasteiger partial charge in [-0.25, -0.2) is 9.97 Å². The third-order valence-corrected chi connectivity index (χ3v) is 4.81. The molecule has 1 aliphatic rings. The van der Waals surface area contributed by atoms with Gasteiger partial charge in [-0.2, -0.15) is 0 Å². The lowest BCUT2D eigenvalue weighted by atomic mass is 10.2. The number of ether oxygens (including phenoxy) is 3. The van der Waals surface area contributed by atoms with E-state index >= 15 is 0 Å². The average Bonchev–Trinajstić information content (AvgIpc) is 3.29. The second kappa shape index (κ2) is 8.45. The summed E-state index contributed by atoms with van der Waals surface area (Å²) < 4.78 is 16.3. The minimum atomic E-state index is -0.749. The molecule has 2 aromatic heterocycles. The lowest BCUT2D eigenvalue weighted by Gasteiger charge is -2.15. The number of rotatable bonds is 7. The Morgan fingerprint density at radius 2 is 1.94 bits per heavy atom. The van der Waals surface area contributed by atoms with Crippen LogP contribution in [0.3, 0.4) is 0 Å². The quantitative estimate of drug-likeness (QED) is 0.474. The van der Waals surface area contributed by atoms with Crippen molar-refractivity contribution in [2.75, 3.05) is 25.3 Å². The van der Waals surface area contributed by atoms with Crippen molar-refractivity contribution in [3.63, 3.8) is 0 Å². The van der Waals surface area contributed by atoms with Gasteiger partial charge in [0.15, 0.2) is 17.3 Å². The zero-order chi connectivity index (χ0) is 21.0. The first-order valence-electron chi connectivity index (χ1n) is 9.88. The topological polar surface area (TPSA) is 98.6 Å². The highest BCUT2D eigenvalue weighted by molar-refractivity contribution is 5.90. The van der Waals surface area contributed by atoms with Gasteiger partial charge >= 0.3 is 0 Å². The maximum absolute atomic E-state index is 10.4. The van der Waals surface area contributed by atoms with Gasteiger partial charge in [0.1, 0.15) is 24.3 Å². The van der Waals surface area contributed by atoms with E-state index in [1.165, 1.54) is 0 Å². The van der Waals surface area contributed by atoms with Gasteiger partial charge in [0, 0.05) is 36.0 Å². The molecular weight excluding hydrogens is 396 g/mol. The molecule has 156 valence electrons. The molecule has 31 heavy (non-hydrogen) atoms. The molecule has 0 fully saturated rings. The largest absolute Gasteiger partial charge is 0.491 e. The van der Waals surface area contributed by atoms with E-state index in [1.807, 2.05) is 36.4 Å². The molecule has 5 rings (SSSR count).